The van der Waals surface area contributed by atoms with Crippen LogP contribution in [0.15, 0.2) is 24.3 Å². The smallest absolute Gasteiger partial charge is 0.220 e. The predicted octanol–water partition coefficient (Wildman–Crippen LogP) is 2.36. The fourth-order valence-corrected chi connectivity index (χ4v) is 2.36. The number of amides is 1. The van der Waals surface area contributed by atoms with Gasteiger partial charge >= 0.3 is 0 Å². The van der Waals surface area contributed by atoms with Crippen LogP contribution in [0.3, 0.4) is 0 Å². The summed E-state index contributed by atoms with van der Waals surface area (Å²) in [5.41, 5.74) is 1.95. The molecule has 0 radical (unpaired) electrons. The number of carbonyl (C=O) groups excluding carboxylic acids is 2. The van der Waals surface area contributed by atoms with Crippen LogP contribution < -0.4 is 10.6 Å². The normalized spacial score (nSPS) is 13.9. The second kappa shape index (κ2) is 9.59. The molecule has 0 saturated carbocycles. The Bertz CT molecular complexity index is 484. The van der Waals surface area contributed by atoms with Gasteiger partial charge in [-0.1, -0.05) is 37.6 Å². The van der Waals surface area contributed by atoms with Gasteiger partial charge in [-0.05, 0) is 12.0 Å². The van der Waals surface area contributed by atoms with Gasteiger partial charge < -0.3 is 10.6 Å². The zero-order valence-electron chi connectivity index (χ0n) is 13.1. The van der Waals surface area contributed by atoms with E-state index in [1.807, 2.05) is 24.3 Å². The zero-order valence-corrected chi connectivity index (χ0v) is 13.9. The van der Waals surface area contributed by atoms with Crippen LogP contribution in [0.25, 0.3) is 0 Å². The van der Waals surface area contributed by atoms with E-state index in [0.29, 0.717) is 18.0 Å². The van der Waals surface area contributed by atoms with Gasteiger partial charge in [-0.3, -0.25) is 9.59 Å². The highest BCUT2D eigenvalue weighted by molar-refractivity contribution is 5.97. The third kappa shape index (κ3) is 5.78. The molecule has 1 heterocycles. The molecule has 2 N–H and O–H groups in total. The Labute approximate surface area is 138 Å². The largest absolute Gasteiger partial charge is 0.356 e. The van der Waals surface area contributed by atoms with Crippen LogP contribution in [0.5, 0.6) is 0 Å². The maximum Gasteiger partial charge on any atom is 0.220 e. The van der Waals surface area contributed by atoms with Gasteiger partial charge in [-0.25, -0.2) is 0 Å². The Morgan fingerprint density at radius 2 is 1.86 bits per heavy atom. The van der Waals surface area contributed by atoms with Gasteiger partial charge in [0.05, 0.1) is 0 Å². The first kappa shape index (κ1) is 18.7. The molecule has 0 aromatic heterocycles. The number of halogens is 1. The molecule has 1 aromatic carbocycles. The van der Waals surface area contributed by atoms with Crippen molar-refractivity contribution in [1.82, 2.24) is 10.6 Å². The molecule has 2 rings (SSSR count). The lowest BCUT2D eigenvalue weighted by Crippen LogP contribution is -2.48. The number of benzene rings is 1. The van der Waals surface area contributed by atoms with E-state index in [-0.39, 0.29) is 36.9 Å². The fraction of sp³-hybridized carbons (Fsp3) is 0.529. The Balaban J connectivity index is 0.00000242. The van der Waals surface area contributed by atoms with E-state index >= 15 is 0 Å². The summed E-state index contributed by atoms with van der Waals surface area (Å²) in [5, 5.41) is 6.05. The standard InChI is InChI=1S/C17H24N2O2.ClH/c1-2-3-13-4-6-15(7-5-13)16(20)8-9-17(21)19-12-14-10-18-11-14;/h4-7,14,18H,2-3,8-12H2,1H3,(H,19,21);1H. The molecule has 0 atom stereocenters. The molecular formula is C17H25ClN2O2. The third-order valence-corrected chi connectivity index (χ3v) is 3.85. The fourth-order valence-electron chi connectivity index (χ4n) is 2.36. The molecule has 0 spiro atoms. The first-order valence-electron chi connectivity index (χ1n) is 7.78. The van der Waals surface area contributed by atoms with Gasteiger partial charge in [0.15, 0.2) is 5.78 Å². The molecule has 1 aliphatic rings. The van der Waals surface area contributed by atoms with Crippen molar-refractivity contribution in [3.8, 4) is 0 Å². The molecule has 1 amide bonds. The number of nitrogens with one attached hydrogen (secondary N) is 2. The van der Waals surface area contributed by atoms with E-state index < -0.39 is 0 Å². The summed E-state index contributed by atoms with van der Waals surface area (Å²) >= 11 is 0. The van der Waals surface area contributed by atoms with Gasteiger partial charge in [0.2, 0.25) is 5.91 Å². The molecule has 0 bridgehead atoms. The summed E-state index contributed by atoms with van der Waals surface area (Å²) in [4.78, 5) is 23.7. The summed E-state index contributed by atoms with van der Waals surface area (Å²) in [6, 6.07) is 7.73. The molecule has 0 unspecified atom stereocenters. The van der Waals surface area contributed by atoms with E-state index in [4.69, 9.17) is 0 Å². The van der Waals surface area contributed by atoms with Crippen LogP contribution in [0.2, 0.25) is 0 Å². The maximum absolute atomic E-state index is 12.0. The molecule has 122 valence electrons. The van der Waals surface area contributed by atoms with Crippen molar-refractivity contribution in [1.29, 1.82) is 0 Å². The van der Waals surface area contributed by atoms with Gasteiger partial charge in [-0.2, -0.15) is 0 Å². The Hall–Kier alpha value is -1.39. The summed E-state index contributed by atoms with van der Waals surface area (Å²) in [6.07, 6.45) is 2.69. The minimum Gasteiger partial charge on any atom is -0.356 e. The summed E-state index contributed by atoms with van der Waals surface area (Å²) in [6.45, 7) is 4.80. The van der Waals surface area contributed by atoms with Crippen LogP contribution >= 0.6 is 12.4 Å². The lowest BCUT2D eigenvalue weighted by atomic mass is 10.0. The number of Topliss-reactive ketones (excluding diaryl/α,β-unsaturated/α-hetero) is 1. The van der Waals surface area contributed by atoms with E-state index in [2.05, 4.69) is 17.6 Å². The third-order valence-electron chi connectivity index (χ3n) is 3.85. The van der Waals surface area contributed by atoms with Crippen molar-refractivity contribution in [3.05, 3.63) is 35.4 Å². The minimum atomic E-state index is -0.0298. The van der Waals surface area contributed by atoms with E-state index in [0.717, 1.165) is 25.9 Å². The molecule has 1 aliphatic heterocycles. The quantitative estimate of drug-likeness (QED) is 0.722. The van der Waals surface area contributed by atoms with Crippen LogP contribution in [-0.4, -0.2) is 31.3 Å². The minimum absolute atomic E-state index is 0. The first-order valence-corrected chi connectivity index (χ1v) is 7.78. The average Bonchev–Trinajstić information content (AvgIpc) is 2.44. The van der Waals surface area contributed by atoms with Crippen LogP contribution in [-0.2, 0) is 11.2 Å². The summed E-state index contributed by atoms with van der Waals surface area (Å²) in [7, 11) is 0. The van der Waals surface area contributed by atoms with Gasteiger partial charge in [-0.15, -0.1) is 12.4 Å². The monoisotopic (exact) mass is 324 g/mol. The number of hydrogen-bond donors (Lipinski definition) is 2. The van der Waals surface area contributed by atoms with Crippen LogP contribution in [0.1, 0.15) is 42.1 Å². The second-order valence-electron chi connectivity index (χ2n) is 5.70. The Kier molecular flexibility index (Phi) is 8.13. The van der Waals surface area contributed by atoms with Crippen LogP contribution in [0.4, 0.5) is 0 Å². The maximum atomic E-state index is 12.0. The van der Waals surface area contributed by atoms with E-state index in [1.54, 1.807) is 0 Å². The van der Waals surface area contributed by atoms with Gasteiger partial charge in [0.1, 0.15) is 0 Å². The number of rotatable bonds is 8. The molecular weight excluding hydrogens is 300 g/mol. The summed E-state index contributed by atoms with van der Waals surface area (Å²) in [5.74, 6) is 0.562. The van der Waals surface area contributed by atoms with Gasteiger partial charge in [0, 0.05) is 44.0 Å². The number of carbonyl (C=O) groups is 2. The molecule has 1 saturated heterocycles. The number of hydrogen-bond acceptors (Lipinski definition) is 3. The zero-order chi connectivity index (χ0) is 15.1. The number of aryl methyl sites for hydroxylation is 1. The highest BCUT2D eigenvalue weighted by Crippen LogP contribution is 2.10. The second-order valence-corrected chi connectivity index (χ2v) is 5.70. The van der Waals surface area contributed by atoms with Crippen molar-refractivity contribution in [2.24, 2.45) is 5.92 Å². The van der Waals surface area contributed by atoms with Crippen molar-refractivity contribution in [2.75, 3.05) is 19.6 Å². The van der Waals surface area contributed by atoms with E-state index in [1.165, 1.54) is 5.56 Å². The molecule has 0 aliphatic carbocycles. The summed E-state index contributed by atoms with van der Waals surface area (Å²) < 4.78 is 0. The molecule has 1 aromatic rings. The predicted molar refractivity (Wildman–Crippen MR) is 90.6 cm³/mol. The Morgan fingerprint density at radius 3 is 2.41 bits per heavy atom. The number of ketones is 1. The Morgan fingerprint density at radius 1 is 1.18 bits per heavy atom. The van der Waals surface area contributed by atoms with Crippen LogP contribution in [0, 0.1) is 5.92 Å². The van der Waals surface area contributed by atoms with Gasteiger partial charge in [0.25, 0.3) is 0 Å². The topological polar surface area (TPSA) is 58.2 Å². The molecule has 1 fully saturated rings. The molecule has 4 nitrogen and oxygen atoms in total. The van der Waals surface area contributed by atoms with Crippen molar-refractivity contribution < 1.29 is 9.59 Å². The lowest BCUT2D eigenvalue weighted by molar-refractivity contribution is -0.121. The highest BCUT2D eigenvalue weighted by Gasteiger charge is 2.17. The SMILES string of the molecule is CCCc1ccc(C(=O)CCC(=O)NCC2CNC2)cc1.Cl. The molecule has 5 heteroatoms. The first-order chi connectivity index (χ1) is 10.2. The lowest BCUT2D eigenvalue weighted by Gasteiger charge is -2.27. The van der Waals surface area contributed by atoms with Crippen molar-refractivity contribution in [3.63, 3.8) is 0 Å². The highest BCUT2D eigenvalue weighted by atomic mass is 35.5. The van der Waals surface area contributed by atoms with Crippen molar-refractivity contribution in [2.45, 2.75) is 32.6 Å². The van der Waals surface area contributed by atoms with E-state index in [9.17, 15) is 9.59 Å². The van der Waals surface area contributed by atoms with Crippen molar-refractivity contribution >= 4 is 24.1 Å². The molecule has 22 heavy (non-hydrogen) atoms. The average molecular weight is 325 g/mol.